The predicted octanol–water partition coefficient (Wildman–Crippen LogP) is 0.865. The average Bonchev–Trinajstić information content (AvgIpc) is 2.92. The Kier molecular flexibility index (Phi) is 4.89. The van der Waals surface area contributed by atoms with Crippen molar-refractivity contribution in [3.63, 3.8) is 0 Å². The summed E-state index contributed by atoms with van der Waals surface area (Å²) in [5.41, 5.74) is 4.94. The van der Waals surface area contributed by atoms with E-state index in [-0.39, 0.29) is 5.91 Å². The van der Waals surface area contributed by atoms with Gasteiger partial charge in [0.15, 0.2) is 0 Å². The first-order valence-corrected chi connectivity index (χ1v) is 6.87. The maximum Gasteiger partial charge on any atom is 0.251 e. The van der Waals surface area contributed by atoms with Gasteiger partial charge in [0.2, 0.25) is 0 Å². The minimum Gasteiger partial charge on any atom is -0.350 e. The van der Waals surface area contributed by atoms with Gasteiger partial charge in [-0.1, -0.05) is 6.92 Å². The number of aryl methyl sites for hydroxylation is 2. The third-order valence-electron chi connectivity index (χ3n) is 3.04. The third-order valence-corrected chi connectivity index (χ3v) is 3.04. The zero-order valence-electron chi connectivity index (χ0n) is 12.3. The van der Waals surface area contributed by atoms with Gasteiger partial charge in [-0.05, 0) is 31.0 Å². The Morgan fingerprint density at radius 1 is 1.43 bits per heavy atom. The standard InChI is InChI=1S/C14H20N6O/c1-3-12-6-11(7-13(18-12)19-15)14(21)16-4-5-20-9-10(2)8-17-20/h6-9H,3-5,15H2,1-2H3,(H,16,21)(H,18,19). The summed E-state index contributed by atoms with van der Waals surface area (Å²) in [7, 11) is 0. The molecule has 0 saturated heterocycles. The highest BCUT2D eigenvalue weighted by atomic mass is 16.1. The number of anilines is 1. The lowest BCUT2D eigenvalue weighted by Gasteiger charge is -2.08. The highest BCUT2D eigenvalue weighted by molar-refractivity contribution is 5.94. The van der Waals surface area contributed by atoms with E-state index >= 15 is 0 Å². The lowest BCUT2D eigenvalue weighted by Crippen LogP contribution is -2.27. The SMILES string of the molecule is CCc1cc(C(=O)NCCn2cc(C)cn2)cc(NN)n1. The number of carbonyl (C=O) groups excluding carboxylic acids is 1. The minimum absolute atomic E-state index is 0.146. The summed E-state index contributed by atoms with van der Waals surface area (Å²) in [5.74, 6) is 5.71. The molecule has 112 valence electrons. The molecule has 0 bridgehead atoms. The number of hydrogen-bond donors (Lipinski definition) is 3. The highest BCUT2D eigenvalue weighted by Crippen LogP contribution is 2.10. The van der Waals surface area contributed by atoms with Crippen LogP contribution in [-0.2, 0) is 13.0 Å². The molecule has 21 heavy (non-hydrogen) atoms. The first-order valence-electron chi connectivity index (χ1n) is 6.87. The van der Waals surface area contributed by atoms with Crippen LogP contribution < -0.4 is 16.6 Å². The zero-order chi connectivity index (χ0) is 15.2. The van der Waals surface area contributed by atoms with Crippen LogP contribution in [0.5, 0.6) is 0 Å². The number of nitrogen functional groups attached to an aromatic ring is 1. The second kappa shape index (κ2) is 6.85. The van der Waals surface area contributed by atoms with Crippen LogP contribution in [0.4, 0.5) is 5.82 Å². The summed E-state index contributed by atoms with van der Waals surface area (Å²) in [6.45, 7) is 5.10. The van der Waals surface area contributed by atoms with E-state index in [0.717, 1.165) is 17.7 Å². The van der Waals surface area contributed by atoms with Crippen LogP contribution in [0.15, 0.2) is 24.5 Å². The van der Waals surface area contributed by atoms with Crippen molar-refractivity contribution in [1.29, 1.82) is 0 Å². The van der Waals surface area contributed by atoms with Crippen molar-refractivity contribution in [1.82, 2.24) is 20.1 Å². The number of hydrazine groups is 1. The Bertz CT molecular complexity index is 599. The van der Waals surface area contributed by atoms with Crippen molar-refractivity contribution >= 4 is 11.7 Å². The molecule has 0 aliphatic heterocycles. The number of amides is 1. The van der Waals surface area contributed by atoms with Crippen molar-refractivity contribution in [2.75, 3.05) is 12.0 Å². The maximum absolute atomic E-state index is 12.1. The number of carbonyl (C=O) groups is 1. The lowest BCUT2D eigenvalue weighted by molar-refractivity contribution is 0.0951. The first kappa shape index (κ1) is 15.0. The number of pyridine rings is 1. The molecule has 1 amide bonds. The van der Waals surface area contributed by atoms with Gasteiger partial charge in [-0.3, -0.25) is 9.48 Å². The summed E-state index contributed by atoms with van der Waals surface area (Å²) >= 11 is 0. The van der Waals surface area contributed by atoms with Crippen molar-refractivity contribution < 1.29 is 4.79 Å². The second-order valence-electron chi connectivity index (χ2n) is 4.77. The lowest BCUT2D eigenvalue weighted by atomic mass is 10.2. The summed E-state index contributed by atoms with van der Waals surface area (Å²) < 4.78 is 1.80. The second-order valence-corrected chi connectivity index (χ2v) is 4.77. The van der Waals surface area contributed by atoms with Gasteiger partial charge in [-0.2, -0.15) is 5.10 Å². The van der Waals surface area contributed by atoms with E-state index < -0.39 is 0 Å². The van der Waals surface area contributed by atoms with E-state index in [1.54, 1.807) is 23.0 Å². The fourth-order valence-corrected chi connectivity index (χ4v) is 1.95. The van der Waals surface area contributed by atoms with Crippen LogP contribution in [0, 0.1) is 6.92 Å². The molecule has 2 aromatic heterocycles. The topological polar surface area (TPSA) is 97.9 Å². The highest BCUT2D eigenvalue weighted by Gasteiger charge is 2.09. The first-order chi connectivity index (χ1) is 10.1. The Morgan fingerprint density at radius 2 is 2.24 bits per heavy atom. The summed E-state index contributed by atoms with van der Waals surface area (Å²) in [5, 5.41) is 7.03. The molecule has 0 spiro atoms. The van der Waals surface area contributed by atoms with Crippen LogP contribution in [0.3, 0.4) is 0 Å². The van der Waals surface area contributed by atoms with Gasteiger partial charge in [0.05, 0.1) is 12.7 Å². The number of nitrogens with zero attached hydrogens (tertiary/aromatic N) is 3. The van der Waals surface area contributed by atoms with Gasteiger partial charge in [-0.25, -0.2) is 10.8 Å². The Balaban J connectivity index is 1.96. The molecular formula is C14H20N6O. The Hall–Kier alpha value is -2.41. The molecular weight excluding hydrogens is 268 g/mol. The molecule has 7 nitrogen and oxygen atoms in total. The molecule has 0 radical (unpaired) electrons. The maximum atomic E-state index is 12.1. The Morgan fingerprint density at radius 3 is 2.86 bits per heavy atom. The van der Waals surface area contributed by atoms with E-state index in [1.807, 2.05) is 20.0 Å². The van der Waals surface area contributed by atoms with E-state index in [2.05, 4.69) is 20.8 Å². The zero-order valence-corrected chi connectivity index (χ0v) is 12.3. The number of nitrogens with one attached hydrogen (secondary N) is 2. The molecule has 4 N–H and O–H groups in total. The summed E-state index contributed by atoms with van der Waals surface area (Å²) in [6, 6.07) is 3.40. The summed E-state index contributed by atoms with van der Waals surface area (Å²) in [4.78, 5) is 16.4. The molecule has 0 unspecified atom stereocenters. The van der Waals surface area contributed by atoms with E-state index in [0.29, 0.717) is 24.5 Å². The molecule has 0 fully saturated rings. The van der Waals surface area contributed by atoms with Crippen molar-refractivity contribution in [3.05, 3.63) is 41.3 Å². The number of hydrogen-bond acceptors (Lipinski definition) is 5. The number of aromatic nitrogens is 3. The van der Waals surface area contributed by atoms with E-state index in [4.69, 9.17) is 5.84 Å². The van der Waals surface area contributed by atoms with Crippen molar-refractivity contribution in [3.8, 4) is 0 Å². The van der Waals surface area contributed by atoms with Crippen LogP contribution in [-0.4, -0.2) is 27.2 Å². The smallest absolute Gasteiger partial charge is 0.251 e. The van der Waals surface area contributed by atoms with Gasteiger partial charge >= 0.3 is 0 Å². The van der Waals surface area contributed by atoms with Crippen LogP contribution in [0.2, 0.25) is 0 Å². The van der Waals surface area contributed by atoms with Crippen molar-refractivity contribution in [2.24, 2.45) is 5.84 Å². The molecule has 0 atom stereocenters. The molecule has 0 aliphatic rings. The molecule has 0 saturated carbocycles. The van der Waals surface area contributed by atoms with Crippen LogP contribution >= 0.6 is 0 Å². The van der Waals surface area contributed by atoms with Gasteiger partial charge in [0.25, 0.3) is 5.91 Å². The predicted molar refractivity (Wildman–Crippen MR) is 80.7 cm³/mol. The summed E-state index contributed by atoms with van der Waals surface area (Å²) in [6.07, 6.45) is 4.46. The van der Waals surface area contributed by atoms with Crippen molar-refractivity contribution in [2.45, 2.75) is 26.8 Å². The molecule has 2 rings (SSSR count). The van der Waals surface area contributed by atoms with Crippen LogP contribution in [0.25, 0.3) is 0 Å². The van der Waals surface area contributed by atoms with Gasteiger partial charge in [0.1, 0.15) is 5.82 Å². The third kappa shape index (κ3) is 4.03. The minimum atomic E-state index is -0.146. The largest absolute Gasteiger partial charge is 0.350 e. The normalized spacial score (nSPS) is 10.4. The van der Waals surface area contributed by atoms with Crippen LogP contribution in [0.1, 0.15) is 28.5 Å². The van der Waals surface area contributed by atoms with Gasteiger partial charge in [-0.15, -0.1) is 0 Å². The molecule has 7 heteroatoms. The van der Waals surface area contributed by atoms with Gasteiger partial charge < -0.3 is 10.7 Å². The molecule has 0 aromatic carbocycles. The van der Waals surface area contributed by atoms with E-state index in [1.165, 1.54) is 0 Å². The Labute approximate surface area is 123 Å². The fourth-order valence-electron chi connectivity index (χ4n) is 1.95. The van der Waals surface area contributed by atoms with Gasteiger partial charge in [0, 0.05) is 24.0 Å². The number of rotatable bonds is 6. The molecule has 2 aromatic rings. The number of nitrogens with two attached hydrogens (primary N) is 1. The average molecular weight is 288 g/mol. The quantitative estimate of drug-likeness (QED) is 0.541. The molecule has 0 aliphatic carbocycles. The fraction of sp³-hybridized carbons (Fsp3) is 0.357. The monoisotopic (exact) mass is 288 g/mol. The van der Waals surface area contributed by atoms with E-state index in [9.17, 15) is 4.79 Å². The molecule has 2 heterocycles.